The predicted octanol–water partition coefficient (Wildman–Crippen LogP) is 6.60. The van der Waals surface area contributed by atoms with E-state index in [1.54, 1.807) is 0 Å². The summed E-state index contributed by atoms with van der Waals surface area (Å²) in [6.07, 6.45) is 0.673. The molecule has 3 aromatic rings. The summed E-state index contributed by atoms with van der Waals surface area (Å²) < 4.78 is 41.4. The SMILES string of the molecule is C=C1C2=C(CCN(Cc3cc(F)c(F)cc3F)C2)N=C(C)N1C(c1ccccc1)c1ccccc1. The molecule has 6 heteroatoms. The van der Waals surface area contributed by atoms with E-state index in [9.17, 15) is 13.2 Å². The summed E-state index contributed by atoms with van der Waals surface area (Å²) in [5, 5.41) is 0. The molecule has 0 fully saturated rings. The Hall–Kier alpha value is -3.64. The van der Waals surface area contributed by atoms with Crippen molar-refractivity contribution in [2.75, 3.05) is 13.1 Å². The van der Waals surface area contributed by atoms with Gasteiger partial charge in [0, 0.05) is 49.0 Å². The molecule has 178 valence electrons. The number of benzene rings is 3. The maximum absolute atomic E-state index is 14.3. The molecule has 0 aliphatic carbocycles. The lowest BCUT2D eigenvalue weighted by molar-refractivity contribution is 0.265. The van der Waals surface area contributed by atoms with Crippen LogP contribution in [-0.4, -0.2) is 28.7 Å². The molecule has 2 heterocycles. The third kappa shape index (κ3) is 4.54. The molecule has 0 saturated carbocycles. The molecule has 0 bridgehead atoms. The standard InChI is InChI=1S/C29H26F3N3/c1-19-24-18-34(17-23-15-26(31)27(32)16-25(23)30)14-13-28(24)33-20(2)35(19)29(21-9-5-3-6-10-21)22-11-7-4-8-12-22/h3-12,15-16,29H,1,13-14,17-18H2,2H3. The molecular formula is C29H26F3N3. The van der Waals surface area contributed by atoms with Crippen LogP contribution in [0.15, 0.2) is 101 Å². The summed E-state index contributed by atoms with van der Waals surface area (Å²) >= 11 is 0. The Morgan fingerprint density at radius 3 is 2.11 bits per heavy atom. The summed E-state index contributed by atoms with van der Waals surface area (Å²) in [4.78, 5) is 9.12. The quantitative estimate of drug-likeness (QED) is 0.389. The van der Waals surface area contributed by atoms with Crippen molar-refractivity contribution in [1.29, 1.82) is 0 Å². The second-order valence-corrected chi connectivity index (χ2v) is 8.94. The van der Waals surface area contributed by atoms with Gasteiger partial charge in [0.1, 0.15) is 11.7 Å². The van der Waals surface area contributed by atoms with Gasteiger partial charge >= 0.3 is 0 Å². The fourth-order valence-electron chi connectivity index (χ4n) is 4.94. The minimum Gasteiger partial charge on any atom is -0.319 e. The first-order valence-electron chi connectivity index (χ1n) is 11.6. The van der Waals surface area contributed by atoms with Crippen molar-refractivity contribution >= 4 is 5.84 Å². The van der Waals surface area contributed by atoms with Crippen LogP contribution in [0, 0.1) is 17.5 Å². The van der Waals surface area contributed by atoms with E-state index >= 15 is 0 Å². The van der Waals surface area contributed by atoms with Crippen molar-refractivity contribution in [2.45, 2.75) is 25.9 Å². The zero-order valence-corrected chi connectivity index (χ0v) is 19.5. The van der Waals surface area contributed by atoms with Gasteiger partial charge in [0.15, 0.2) is 11.6 Å². The van der Waals surface area contributed by atoms with Crippen LogP contribution < -0.4 is 0 Å². The van der Waals surface area contributed by atoms with Gasteiger partial charge in [0.2, 0.25) is 0 Å². The number of hydrogen-bond acceptors (Lipinski definition) is 3. The Labute approximate surface area is 203 Å². The van der Waals surface area contributed by atoms with Crippen molar-refractivity contribution < 1.29 is 13.2 Å². The van der Waals surface area contributed by atoms with Gasteiger partial charge in [-0.05, 0) is 24.1 Å². The van der Waals surface area contributed by atoms with E-state index in [1.165, 1.54) is 0 Å². The smallest absolute Gasteiger partial charge is 0.161 e. The van der Waals surface area contributed by atoms with Crippen LogP contribution in [0.5, 0.6) is 0 Å². The zero-order chi connectivity index (χ0) is 24.5. The summed E-state index contributed by atoms with van der Waals surface area (Å²) in [5.74, 6) is -2.09. The molecule has 5 rings (SSSR count). The first-order chi connectivity index (χ1) is 16.9. The van der Waals surface area contributed by atoms with Gasteiger partial charge in [0.25, 0.3) is 0 Å². The zero-order valence-electron chi connectivity index (χ0n) is 19.5. The molecule has 0 unspecified atom stereocenters. The molecule has 2 aliphatic rings. The summed E-state index contributed by atoms with van der Waals surface area (Å²) in [7, 11) is 0. The molecule has 0 aromatic heterocycles. The highest BCUT2D eigenvalue weighted by atomic mass is 19.2. The van der Waals surface area contributed by atoms with E-state index in [-0.39, 0.29) is 18.2 Å². The highest BCUT2D eigenvalue weighted by molar-refractivity contribution is 5.86. The Kier molecular flexibility index (Phi) is 6.31. The first-order valence-corrected chi connectivity index (χ1v) is 11.6. The minimum atomic E-state index is -1.18. The molecule has 0 saturated heterocycles. The van der Waals surface area contributed by atoms with Gasteiger partial charge in [0.05, 0.1) is 11.7 Å². The lowest BCUT2D eigenvalue weighted by Gasteiger charge is -2.42. The lowest BCUT2D eigenvalue weighted by Crippen LogP contribution is -2.41. The second kappa shape index (κ2) is 9.55. The Bertz CT molecular complexity index is 1280. The average Bonchev–Trinajstić information content (AvgIpc) is 2.86. The molecule has 35 heavy (non-hydrogen) atoms. The van der Waals surface area contributed by atoms with E-state index in [0.29, 0.717) is 25.6 Å². The number of aliphatic imine (C=N–C) groups is 1. The van der Waals surface area contributed by atoms with Gasteiger partial charge in [-0.2, -0.15) is 0 Å². The van der Waals surface area contributed by atoms with Gasteiger partial charge < -0.3 is 4.90 Å². The third-order valence-electron chi connectivity index (χ3n) is 6.65. The first kappa shape index (κ1) is 23.1. The number of hydrogen-bond donors (Lipinski definition) is 0. The monoisotopic (exact) mass is 473 g/mol. The van der Waals surface area contributed by atoms with Crippen LogP contribution >= 0.6 is 0 Å². The predicted molar refractivity (Wildman–Crippen MR) is 132 cm³/mol. The van der Waals surface area contributed by atoms with Gasteiger partial charge in [-0.15, -0.1) is 0 Å². The summed E-state index contributed by atoms with van der Waals surface area (Å²) in [5.41, 5.74) is 5.19. The van der Waals surface area contributed by atoms with Crippen LogP contribution in [0.2, 0.25) is 0 Å². The van der Waals surface area contributed by atoms with E-state index in [4.69, 9.17) is 4.99 Å². The van der Waals surface area contributed by atoms with E-state index in [2.05, 4.69) is 35.7 Å². The lowest BCUT2D eigenvalue weighted by atomic mass is 9.93. The number of halogens is 3. The largest absolute Gasteiger partial charge is 0.319 e. The molecule has 3 nitrogen and oxygen atoms in total. The summed E-state index contributed by atoms with van der Waals surface area (Å²) in [6.45, 7) is 7.78. The van der Waals surface area contributed by atoms with Gasteiger partial charge in [-0.3, -0.25) is 4.90 Å². The number of rotatable bonds is 5. The number of amidine groups is 1. The van der Waals surface area contributed by atoms with Crippen molar-refractivity contribution in [3.63, 3.8) is 0 Å². The van der Waals surface area contributed by atoms with Crippen LogP contribution in [0.4, 0.5) is 13.2 Å². The average molecular weight is 474 g/mol. The van der Waals surface area contributed by atoms with E-state index in [1.807, 2.05) is 48.2 Å². The topological polar surface area (TPSA) is 18.8 Å². The van der Waals surface area contributed by atoms with Crippen molar-refractivity contribution in [3.8, 4) is 0 Å². The normalized spacial score (nSPS) is 16.5. The van der Waals surface area contributed by atoms with E-state index in [0.717, 1.165) is 40.0 Å². The Morgan fingerprint density at radius 1 is 0.886 bits per heavy atom. The summed E-state index contributed by atoms with van der Waals surface area (Å²) in [6, 6.07) is 21.9. The van der Waals surface area contributed by atoms with Crippen molar-refractivity contribution in [2.24, 2.45) is 4.99 Å². The van der Waals surface area contributed by atoms with Crippen LogP contribution in [0.3, 0.4) is 0 Å². The molecule has 0 radical (unpaired) electrons. The van der Waals surface area contributed by atoms with Crippen LogP contribution in [0.25, 0.3) is 0 Å². The molecule has 0 spiro atoms. The Morgan fingerprint density at radius 2 is 1.49 bits per heavy atom. The number of nitrogens with zero attached hydrogens (tertiary/aromatic N) is 3. The molecule has 0 N–H and O–H groups in total. The highest BCUT2D eigenvalue weighted by Crippen LogP contribution is 2.39. The van der Waals surface area contributed by atoms with E-state index < -0.39 is 17.5 Å². The molecule has 3 aromatic carbocycles. The maximum Gasteiger partial charge on any atom is 0.161 e. The van der Waals surface area contributed by atoms with Gasteiger partial charge in [-0.1, -0.05) is 67.2 Å². The maximum atomic E-state index is 14.3. The molecule has 2 aliphatic heterocycles. The fraction of sp³-hybridized carbons (Fsp3) is 0.207. The minimum absolute atomic E-state index is 0.110. The molecule has 0 atom stereocenters. The molecule has 0 amide bonds. The van der Waals surface area contributed by atoms with Crippen molar-refractivity contribution in [3.05, 3.63) is 130 Å². The Balaban J connectivity index is 1.46. The van der Waals surface area contributed by atoms with Crippen molar-refractivity contribution in [1.82, 2.24) is 9.80 Å². The second-order valence-electron chi connectivity index (χ2n) is 8.94. The third-order valence-corrected chi connectivity index (χ3v) is 6.65. The molecular weight excluding hydrogens is 447 g/mol. The van der Waals surface area contributed by atoms with Crippen LogP contribution in [0.1, 0.15) is 36.1 Å². The van der Waals surface area contributed by atoms with Gasteiger partial charge in [-0.25, -0.2) is 18.2 Å². The van der Waals surface area contributed by atoms with Crippen LogP contribution in [-0.2, 0) is 6.54 Å². The highest BCUT2D eigenvalue weighted by Gasteiger charge is 2.33. The fourth-order valence-corrected chi connectivity index (χ4v) is 4.94.